The van der Waals surface area contributed by atoms with Crippen LogP contribution in [-0.2, 0) is 13.1 Å². The first-order valence-corrected chi connectivity index (χ1v) is 19.3. The van der Waals surface area contributed by atoms with E-state index >= 15 is 0 Å². The second kappa shape index (κ2) is 13.6. The highest BCUT2D eigenvalue weighted by Crippen LogP contribution is 2.45. The van der Waals surface area contributed by atoms with Gasteiger partial charge < -0.3 is 9.80 Å². The van der Waals surface area contributed by atoms with Gasteiger partial charge >= 0.3 is 0 Å². The summed E-state index contributed by atoms with van der Waals surface area (Å²) in [4.78, 5) is 4.98. The number of fused-ring (bicyclic) bond motifs is 7. The average molecular weight is 703 g/mol. The maximum atomic E-state index is 2.49. The second-order valence-electron chi connectivity index (χ2n) is 14.4. The summed E-state index contributed by atoms with van der Waals surface area (Å²) in [6.07, 6.45) is 0. The van der Waals surface area contributed by atoms with Gasteiger partial charge in [-0.1, -0.05) is 109 Å². The minimum absolute atomic E-state index is 0.771. The van der Waals surface area contributed by atoms with Gasteiger partial charge in [-0.25, -0.2) is 0 Å². The molecule has 0 radical (unpaired) electrons. The standard InChI is InChI=1S/C50H42N2S/c1-33-15-13-19-39(27-33)51(45-25-11-5-17-35(45)3)31-37-29-47-49(43-23-9-7-21-41(37)43)50-44-24-10-8-22-42(44)38(30-48(50)53-47)32-52(40-20-14-16-34(2)28-40)46-26-12-6-18-36(46)4/h5-30H,31-32H2,1-4H3. The Bertz CT molecular complexity index is 2620. The smallest absolute Gasteiger partial charge is 0.0488 e. The van der Waals surface area contributed by atoms with Crippen LogP contribution in [0.5, 0.6) is 0 Å². The first-order valence-electron chi connectivity index (χ1n) is 18.5. The van der Waals surface area contributed by atoms with E-state index < -0.39 is 0 Å². The molecule has 8 aromatic carbocycles. The highest BCUT2D eigenvalue weighted by molar-refractivity contribution is 7.26. The number of para-hydroxylation sites is 2. The third-order valence-electron chi connectivity index (χ3n) is 10.8. The second-order valence-corrected chi connectivity index (χ2v) is 15.5. The molecule has 0 atom stereocenters. The molecule has 9 aromatic rings. The highest BCUT2D eigenvalue weighted by atomic mass is 32.1. The Balaban J connectivity index is 1.24. The average Bonchev–Trinajstić information content (AvgIpc) is 3.55. The molecular weight excluding hydrogens is 661 g/mol. The Morgan fingerprint density at radius 3 is 1.21 bits per heavy atom. The fraction of sp³-hybridized carbons (Fsp3) is 0.120. The van der Waals surface area contributed by atoms with Crippen LogP contribution in [0.3, 0.4) is 0 Å². The van der Waals surface area contributed by atoms with Gasteiger partial charge in [0.25, 0.3) is 0 Å². The van der Waals surface area contributed by atoms with E-state index in [1.165, 1.54) is 97.8 Å². The number of anilines is 4. The van der Waals surface area contributed by atoms with Gasteiger partial charge in [0.05, 0.1) is 0 Å². The molecule has 0 saturated heterocycles. The molecule has 0 bridgehead atoms. The predicted octanol–water partition coefficient (Wildman–Crippen LogP) is 14.3. The van der Waals surface area contributed by atoms with Crippen LogP contribution >= 0.6 is 11.3 Å². The van der Waals surface area contributed by atoms with E-state index in [1.807, 2.05) is 11.3 Å². The van der Waals surface area contributed by atoms with E-state index in [2.05, 4.69) is 195 Å². The zero-order valence-electron chi connectivity index (χ0n) is 30.7. The van der Waals surface area contributed by atoms with Gasteiger partial charge in [0.1, 0.15) is 0 Å². The van der Waals surface area contributed by atoms with E-state index in [0.717, 1.165) is 13.1 Å². The van der Waals surface area contributed by atoms with E-state index in [-0.39, 0.29) is 0 Å². The highest BCUT2D eigenvalue weighted by Gasteiger charge is 2.21. The molecule has 0 fully saturated rings. The van der Waals surface area contributed by atoms with Gasteiger partial charge in [-0.2, -0.15) is 0 Å². The van der Waals surface area contributed by atoms with Crippen molar-refractivity contribution in [3.05, 3.63) is 191 Å². The van der Waals surface area contributed by atoms with Gasteiger partial charge in [-0.3, -0.25) is 0 Å². The van der Waals surface area contributed by atoms with E-state index in [9.17, 15) is 0 Å². The lowest BCUT2D eigenvalue weighted by atomic mass is 9.94. The number of hydrogen-bond acceptors (Lipinski definition) is 3. The minimum Gasteiger partial charge on any atom is -0.337 e. The molecule has 0 aliphatic heterocycles. The van der Waals surface area contributed by atoms with Crippen LogP contribution in [0.4, 0.5) is 22.7 Å². The Morgan fingerprint density at radius 1 is 0.396 bits per heavy atom. The Kier molecular flexibility index (Phi) is 8.45. The summed E-state index contributed by atoms with van der Waals surface area (Å²) >= 11 is 1.93. The van der Waals surface area contributed by atoms with Gasteiger partial charge in [-0.05, 0) is 131 Å². The zero-order chi connectivity index (χ0) is 36.1. The van der Waals surface area contributed by atoms with Crippen molar-refractivity contribution < 1.29 is 0 Å². The van der Waals surface area contributed by atoms with E-state index in [4.69, 9.17) is 0 Å². The molecule has 0 saturated carbocycles. The van der Waals surface area contributed by atoms with E-state index in [1.54, 1.807) is 0 Å². The molecule has 0 aliphatic carbocycles. The van der Waals surface area contributed by atoms with Crippen molar-refractivity contribution >= 4 is 75.8 Å². The van der Waals surface area contributed by atoms with Crippen molar-refractivity contribution in [2.24, 2.45) is 0 Å². The molecule has 258 valence electrons. The van der Waals surface area contributed by atoms with Crippen LogP contribution in [0.1, 0.15) is 33.4 Å². The molecular formula is C50H42N2S. The van der Waals surface area contributed by atoms with Crippen LogP contribution in [-0.4, -0.2) is 0 Å². The molecule has 0 amide bonds. The molecule has 9 rings (SSSR count). The third-order valence-corrected chi connectivity index (χ3v) is 11.8. The SMILES string of the molecule is Cc1cccc(N(Cc2cc3sc4cc(CN(c5cccc(C)c5)c5ccccc5C)c5ccccc5c4c3c3ccccc23)c2ccccc2C)c1. The summed E-state index contributed by atoms with van der Waals surface area (Å²) in [5.41, 5.74) is 12.6. The van der Waals surface area contributed by atoms with Crippen molar-refractivity contribution in [2.75, 3.05) is 9.80 Å². The van der Waals surface area contributed by atoms with Crippen molar-refractivity contribution in [3.63, 3.8) is 0 Å². The molecule has 0 N–H and O–H groups in total. The summed E-state index contributed by atoms with van der Waals surface area (Å²) in [5, 5.41) is 7.98. The number of nitrogens with zero attached hydrogens (tertiary/aromatic N) is 2. The maximum Gasteiger partial charge on any atom is 0.0488 e. The molecule has 3 heteroatoms. The van der Waals surface area contributed by atoms with Gasteiger partial charge in [0.2, 0.25) is 0 Å². The number of thiophene rings is 1. The first-order chi connectivity index (χ1) is 25.9. The Labute approximate surface area is 316 Å². The summed E-state index contributed by atoms with van der Waals surface area (Å²) in [6, 6.07) is 58.3. The topological polar surface area (TPSA) is 6.48 Å². The van der Waals surface area contributed by atoms with Crippen molar-refractivity contribution in [2.45, 2.75) is 40.8 Å². The monoisotopic (exact) mass is 702 g/mol. The van der Waals surface area contributed by atoms with Gasteiger partial charge in [-0.15, -0.1) is 11.3 Å². The Hall–Kier alpha value is -5.90. The molecule has 1 aromatic heterocycles. The van der Waals surface area contributed by atoms with Crippen molar-refractivity contribution in [3.8, 4) is 0 Å². The quantitative estimate of drug-likeness (QED) is 0.156. The van der Waals surface area contributed by atoms with Crippen LogP contribution < -0.4 is 9.80 Å². The maximum absolute atomic E-state index is 2.49. The van der Waals surface area contributed by atoms with Gasteiger partial charge in [0.15, 0.2) is 0 Å². The van der Waals surface area contributed by atoms with Crippen LogP contribution in [0.2, 0.25) is 0 Å². The Morgan fingerprint density at radius 2 is 0.792 bits per heavy atom. The molecule has 2 nitrogen and oxygen atoms in total. The minimum atomic E-state index is 0.771. The predicted molar refractivity (Wildman–Crippen MR) is 231 cm³/mol. The van der Waals surface area contributed by atoms with Gasteiger partial charge in [0, 0.05) is 56.0 Å². The van der Waals surface area contributed by atoms with Crippen molar-refractivity contribution in [1.82, 2.24) is 0 Å². The lowest BCUT2D eigenvalue weighted by Gasteiger charge is -2.28. The number of hydrogen-bond donors (Lipinski definition) is 0. The third kappa shape index (κ3) is 6.01. The fourth-order valence-corrected chi connectivity index (χ4v) is 9.46. The fourth-order valence-electron chi connectivity index (χ4n) is 8.20. The van der Waals surface area contributed by atoms with Crippen LogP contribution in [0, 0.1) is 27.7 Å². The van der Waals surface area contributed by atoms with E-state index in [0.29, 0.717) is 0 Å². The molecule has 0 aliphatic rings. The summed E-state index contributed by atoms with van der Waals surface area (Å²) in [7, 11) is 0. The first kappa shape index (κ1) is 33.0. The lowest BCUT2D eigenvalue weighted by Crippen LogP contribution is -2.18. The molecule has 1 heterocycles. The largest absolute Gasteiger partial charge is 0.337 e. The number of benzene rings is 8. The summed E-state index contributed by atoms with van der Waals surface area (Å²) < 4.78 is 2.67. The summed E-state index contributed by atoms with van der Waals surface area (Å²) in [5.74, 6) is 0. The van der Waals surface area contributed by atoms with Crippen LogP contribution in [0.25, 0.3) is 41.7 Å². The molecule has 53 heavy (non-hydrogen) atoms. The molecule has 0 spiro atoms. The van der Waals surface area contributed by atoms with Crippen molar-refractivity contribution in [1.29, 1.82) is 0 Å². The van der Waals surface area contributed by atoms with Crippen LogP contribution in [0.15, 0.2) is 158 Å². The molecule has 0 unspecified atom stereocenters. The summed E-state index contributed by atoms with van der Waals surface area (Å²) in [6.45, 7) is 10.3. The zero-order valence-corrected chi connectivity index (χ0v) is 31.5. The number of aryl methyl sites for hydroxylation is 4. The lowest BCUT2D eigenvalue weighted by molar-refractivity contribution is 0.978. The number of rotatable bonds is 8. The normalized spacial score (nSPS) is 11.5.